The van der Waals surface area contributed by atoms with Gasteiger partial charge in [0.1, 0.15) is 28.2 Å². The minimum Gasteiger partial charge on any atom is -0.507 e. The zero-order chi connectivity index (χ0) is 20.1. The predicted octanol–water partition coefficient (Wildman–Crippen LogP) is 6.10. The number of aromatic hydroxyl groups is 1. The molecule has 0 unspecified atom stereocenters. The highest BCUT2D eigenvalue weighted by atomic mass is 32.1. The molecule has 144 valence electrons. The molecule has 6 rings (SSSR count). The van der Waals surface area contributed by atoms with Gasteiger partial charge in [-0.05, 0) is 42.5 Å². The molecule has 0 radical (unpaired) electrons. The fourth-order valence-electron chi connectivity index (χ4n) is 3.52. The van der Waals surface area contributed by atoms with E-state index in [1.807, 2.05) is 54.6 Å². The number of hydrogen-bond acceptors (Lipinski definition) is 7. The molecule has 0 fully saturated rings. The van der Waals surface area contributed by atoms with E-state index in [1.165, 1.54) is 6.33 Å². The molecular weight excluding hydrogens is 396 g/mol. The van der Waals surface area contributed by atoms with Crippen LogP contribution in [0.5, 0.6) is 5.75 Å². The van der Waals surface area contributed by atoms with Crippen molar-refractivity contribution in [3.05, 3.63) is 73.1 Å². The van der Waals surface area contributed by atoms with E-state index < -0.39 is 0 Å². The average molecular weight is 410 g/mol. The van der Waals surface area contributed by atoms with Gasteiger partial charge in [-0.15, -0.1) is 11.3 Å². The van der Waals surface area contributed by atoms with Crippen LogP contribution in [-0.2, 0) is 0 Å². The number of furan rings is 1. The topological polar surface area (TPSA) is 84.1 Å². The maximum Gasteiger partial charge on any atom is 0.196 e. The summed E-state index contributed by atoms with van der Waals surface area (Å²) < 4.78 is 7.06. The fraction of sp³-hybridized carbons (Fsp3) is 0. The summed E-state index contributed by atoms with van der Waals surface area (Å²) >= 11 is 1.54. The molecule has 2 N–H and O–H groups in total. The van der Waals surface area contributed by atoms with Gasteiger partial charge >= 0.3 is 0 Å². The third-order valence-corrected chi connectivity index (χ3v) is 6.01. The molecule has 3 aromatic carbocycles. The summed E-state index contributed by atoms with van der Waals surface area (Å²) in [6, 6.07) is 21.0. The van der Waals surface area contributed by atoms with Gasteiger partial charge in [0.05, 0.1) is 15.8 Å². The molecule has 0 bridgehead atoms. The maximum atomic E-state index is 10.4. The van der Waals surface area contributed by atoms with Crippen LogP contribution in [0.2, 0.25) is 0 Å². The number of phenols is 1. The predicted molar refractivity (Wildman–Crippen MR) is 119 cm³/mol. The Morgan fingerprint density at radius 1 is 0.933 bits per heavy atom. The van der Waals surface area contributed by atoms with Gasteiger partial charge in [0.2, 0.25) is 0 Å². The fourth-order valence-corrected chi connectivity index (χ4v) is 4.51. The van der Waals surface area contributed by atoms with Gasteiger partial charge in [0.25, 0.3) is 0 Å². The summed E-state index contributed by atoms with van der Waals surface area (Å²) in [6.07, 6.45) is 1.52. The van der Waals surface area contributed by atoms with Gasteiger partial charge in [-0.1, -0.05) is 24.3 Å². The Hall–Kier alpha value is -3.97. The van der Waals surface area contributed by atoms with Crippen molar-refractivity contribution in [3.63, 3.8) is 0 Å². The van der Waals surface area contributed by atoms with E-state index >= 15 is 0 Å². The van der Waals surface area contributed by atoms with Crippen LogP contribution in [0, 0.1) is 0 Å². The molecule has 3 heterocycles. The zero-order valence-corrected chi connectivity index (χ0v) is 16.4. The van der Waals surface area contributed by atoms with E-state index in [9.17, 15) is 5.11 Å². The number of aromatic nitrogens is 3. The van der Waals surface area contributed by atoms with Crippen molar-refractivity contribution in [3.8, 4) is 16.3 Å². The first kappa shape index (κ1) is 16.9. The van der Waals surface area contributed by atoms with E-state index in [0.29, 0.717) is 17.0 Å². The van der Waals surface area contributed by atoms with Crippen molar-refractivity contribution < 1.29 is 9.52 Å². The molecule has 30 heavy (non-hydrogen) atoms. The van der Waals surface area contributed by atoms with E-state index in [4.69, 9.17) is 4.42 Å². The molecule has 7 heteroatoms. The highest BCUT2D eigenvalue weighted by Crippen LogP contribution is 2.38. The number of nitrogens with one attached hydrogen (secondary N) is 1. The molecule has 0 amide bonds. The smallest absolute Gasteiger partial charge is 0.196 e. The van der Waals surface area contributed by atoms with Crippen LogP contribution in [0.3, 0.4) is 0 Å². The normalized spacial score (nSPS) is 11.5. The highest BCUT2D eigenvalue weighted by Gasteiger charge is 2.15. The number of benzene rings is 3. The summed E-state index contributed by atoms with van der Waals surface area (Å²) in [7, 11) is 0. The molecule has 6 aromatic rings. The second kappa shape index (κ2) is 6.53. The van der Waals surface area contributed by atoms with Crippen molar-refractivity contribution in [1.29, 1.82) is 0 Å². The monoisotopic (exact) mass is 410 g/mol. The SMILES string of the molecule is Oc1ccc(Nc2ncnc3c2oc2ccccc23)cc1-c1nc2ccccc2s1. The molecule has 0 spiro atoms. The Kier molecular flexibility index (Phi) is 3.69. The van der Waals surface area contributed by atoms with Gasteiger partial charge in [0.15, 0.2) is 11.4 Å². The standard InChI is InChI=1S/C23H14N4O2S/c28-17-10-9-13(11-15(17)23-27-16-6-2-4-8-19(16)30-23)26-22-21-20(24-12-25-22)14-5-1-3-7-18(14)29-21/h1-12,28H,(H,24,25,26). The number of thiazole rings is 1. The lowest BCUT2D eigenvalue weighted by Crippen LogP contribution is -1.95. The Labute approximate surface area is 174 Å². The molecule has 0 saturated carbocycles. The molecule has 0 aliphatic carbocycles. The van der Waals surface area contributed by atoms with Gasteiger partial charge in [0, 0.05) is 11.1 Å². The lowest BCUT2D eigenvalue weighted by molar-refractivity contribution is 0.477. The van der Waals surface area contributed by atoms with Gasteiger partial charge in [-0.3, -0.25) is 0 Å². The Balaban J connectivity index is 1.44. The number of hydrogen-bond donors (Lipinski definition) is 2. The van der Waals surface area contributed by atoms with Gasteiger partial charge in [-0.25, -0.2) is 15.0 Å². The van der Waals surface area contributed by atoms with Crippen LogP contribution in [0.25, 0.3) is 42.9 Å². The largest absolute Gasteiger partial charge is 0.507 e. The Bertz CT molecular complexity index is 1520. The van der Waals surface area contributed by atoms with Crippen molar-refractivity contribution in [2.75, 3.05) is 5.32 Å². The van der Waals surface area contributed by atoms with E-state index in [0.717, 1.165) is 37.4 Å². The second-order valence-corrected chi connectivity index (χ2v) is 7.87. The van der Waals surface area contributed by atoms with Crippen LogP contribution >= 0.6 is 11.3 Å². The van der Waals surface area contributed by atoms with E-state index in [1.54, 1.807) is 23.5 Å². The summed E-state index contributed by atoms with van der Waals surface area (Å²) in [5, 5.41) is 15.4. The maximum absolute atomic E-state index is 10.4. The highest BCUT2D eigenvalue weighted by molar-refractivity contribution is 7.21. The molecule has 0 atom stereocenters. The molecule has 3 aromatic heterocycles. The number of para-hydroxylation sites is 2. The molecule has 6 nitrogen and oxygen atoms in total. The minimum absolute atomic E-state index is 0.177. The zero-order valence-electron chi connectivity index (χ0n) is 15.5. The van der Waals surface area contributed by atoms with Crippen molar-refractivity contribution in [2.24, 2.45) is 0 Å². The van der Waals surface area contributed by atoms with Crippen molar-refractivity contribution in [2.45, 2.75) is 0 Å². The summed E-state index contributed by atoms with van der Waals surface area (Å²) in [5.41, 5.74) is 4.45. The van der Waals surface area contributed by atoms with Crippen LogP contribution in [0.1, 0.15) is 0 Å². The van der Waals surface area contributed by atoms with Crippen LogP contribution in [-0.4, -0.2) is 20.1 Å². The van der Waals surface area contributed by atoms with Gasteiger partial charge < -0.3 is 14.8 Å². The lowest BCUT2D eigenvalue weighted by Gasteiger charge is -2.08. The van der Waals surface area contributed by atoms with Gasteiger partial charge in [-0.2, -0.15) is 0 Å². The van der Waals surface area contributed by atoms with Crippen molar-refractivity contribution >= 4 is 55.1 Å². The first-order valence-electron chi connectivity index (χ1n) is 9.34. The number of phenolic OH excluding ortho intramolecular Hbond substituents is 1. The van der Waals surface area contributed by atoms with Crippen LogP contribution in [0.4, 0.5) is 11.5 Å². The summed E-state index contributed by atoms with van der Waals surface area (Å²) in [4.78, 5) is 13.4. The van der Waals surface area contributed by atoms with E-state index in [-0.39, 0.29) is 5.75 Å². The average Bonchev–Trinajstić information content (AvgIpc) is 3.37. The Morgan fingerprint density at radius 3 is 2.73 bits per heavy atom. The third-order valence-electron chi connectivity index (χ3n) is 4.94. The first-order chi connectivity index (χ1) is 14.8. The number of nitrogens with zero attached hydrogens (tertiary/aromatic N) is 3. The van der Waals surface area contributed by atoms with Crippen LogP contribution in [0.15, 0.2) is 77.5 Å². The molecule has 0 saturated heterocycles. The quantitative estimate of drug-likeness (QED) is 0.343. The summed E-state index contributed by atoms with van der Waals surface area (Å²) in [5.74, 6) is 0.744. The number of anilines is 2. The van der Waals surface area contributed by atoms with E-state index in [2.05, 4.69) is 20.3 Å². The third kappa shape index (κ3) is 2.67. The lowest BCUT2D eigenvalue weighted by atomic mass is 10.2. The molecule has 0 aliphatic rings. The molecule has 0 aliphatic heterocycles. The van der Waals surface area contributed by atoms with Crippen LogP contribution < -0.4 is 5.32 Å². The minimum atomic E-state index is 0.177. The van der Waals surface area contributed by atoms with Crippen molar-refractivity contribution in [1.82, 2.24) is 15.0 Å². The molecular formula is C23H14N4O2S. The number of rotatable bonds is 3. The Morgan fingerprint density at radius 2 is 1.80 bits per heavy atom. The second-order valence-electron chi connectivity index (χ2n) is 6.84. The first-order valence-corrected chi connectivity index (χ1v) is 10.2. The number of fused-ring (bicyclic) bond motifs is 4. The summed E-state index contributed by atoms with van der Waals surface area (Å²) in [6.45, 7) is 0.